The second-order valence-corrected chi connectivity index (χ2v) is 10.4. The maximum atomic E-state index is 13.0. The molecule has 0 spiro atoms. The van der Waals surface area contributed by atoms with Crippen LogP contribution >= 0.6 is 0 Å². The van der Waals surface area contributed by atoms with Crippen molar-refractivity contribution < 1.29 is 27.5 Å². The molecule has 9 nitrogen and oxygen atoms in total. The van der Waals surface area contributed by atoms with Gasteiger partial charge >= 0.3 is 5.97 Å². The van der Waals surface area contributed by atoms with E-state index in [-0.39, 0.29) is 16.4 Å². The summed E-state index contributed by atoms with van der Waals surface area (Å²) in [6.07, 6.45) is 1.66. The predicted molar refractivity (Wildman–Crippen MR) is 121 cm³/mol. The van der Waals surface area contributed by atoms with Crippen molar-refractivity contribution in [2.24, 2.45) is 0 Å². The third kappa shape index (κ3) is 4.23. The highest BCUT2D eigenvalue weighted by Crippen LogP contribution is 2.36. The van der Waals surface area contributed by atoms with E-state index in [9.17, 15) is 22.8 Å². The Morgan fingerprint density at radius 1 is 1.03 bits per heavy atom. The molecule has 2 heterocycles. The number of nitrogens with zero attached hydrogens (tertiary/aromatic N) is 2. The van der Waals surface area contributed by atoms with E-state index in [1.165, 1.54) is 33.5 Å². The number of ether oxygens (including phenoxy) is 1. The minimum atomic E-state index is -3.59. The summed E-state index contributed by atoms with van der Waals surface area (Å²) in [7, 11) is -3.59. The van der Waals surface area contributed by atoms with E-state index in [0.717, 1.165) is 12.8 Å². The fourth-order valence-corrected chi connectivity index (χ4v) is 5.53. The molecule has 0 unspecified atom stereocenters. The second kappa shape index (κ2) is 8.60. The lowest BCUT2D eigenvalue weighted by Gasteiger charge is -2.41. The van der Waals surface area contributed by atoms with Crippen molar-refractivity contribution in [3.8, 4) is 0 Å². The molecule has 1 N–H and O–H groups in total. The molecular weight excluding hydrogens is 446 g/mol. The van der Waals surface area contributed by atoms with E-state index < -0.39 is 34.0 Å². The van der Waals surface area contributed by atoms with Crippen LogP contribution < -0.4 is 10.2 Å². The molecule has 0 aliphatic carbocycles. The highest BCUT2D eigenvalue weighted by atomic mass is 32.2. The van der Waals surface area contributed by atoms with Gasteiger partial charge in [-0.15, -0.1) is 0 Å². The molecule has 0 aromatic heterocycles. The number of amides is 2. The van der Waals surface area contributed by atoms with Crippen molar-refractivity contribution in [1.82, 2.24) is 4.31 Å². The highest BCUT2D eigenvalue weighted by Gasteiger charge is 2.43. The van der Waals surface area contributed by atoms with Gasteiger partial charge < -0.3 is 10.1 Å². The zero-order valence-corrected chi connectivity index (χ0v) is 19.2. The number of benzene rings is 2. The number of sulfonamides is 1. The molecule has 174 valence electrons. The molecule has 0 saturated carbocycles. The third-order valence-electron chi connectivity index (χ3n) is 5.88. The first-order valence-corrected chi connectivity index (χ1v) is 12.1. The number of hydrogen-bond donors (Lipinski definition) is 1. The van der Waals surface area contributed by atoms with E-state index in [0.29, 0.717) is 24.5 Å². The van der Waals surface area contributed by atoms with Crippen LogP contribution in [-0.4, -0.2) is 55.7 Å². The van der Waals surface area contributed by atoms with Crippen molar-refractivity contribution in [1.29, 1.82) is 0 Å². The fraction of sp³-hybridized carbons (Fsp3) is 0.348. The van der Waals surface area contributed by atoms with Crippen molar-refractivity contribution >= 4 is 39.2 Å². The summed E-state index contributed by atoms with van der Waals surface area (Å²) in [5, 5.41) is 2.77. The number of anilines is 2. The summed E-state index contributed by atoms with van der Waals surface area (Å²) < 4.78 is 31.9. The lowest BCUT2D eigenvalue weighted by molar-refractivity contribution is -0.128. The number of carbonyl (C=O) groups is 3. The van der Waals surface area contributed by atoms with Gasteiger partial charge in [0.1, 0.15) is 5.54 Å². The van der Waals surface area contributed by atoms with Gasteiger partial charge in [-0.2, -0.15) is 4.31 Å². The molecule has 4 rings (SSSR count). The van der Waals surface area contributed by atoms with E-state index in [2.05, 4.69) is 5.32 Å². The average Bonchev–Trinajstić information content (AvgIpc) is 3.34. The third-order valence-corrected chi connectivity index (χ3v) is 7.79. The Labute approximate surface area is 192 Å². The first kappa shape index (κ1) is 22.9. The molecule has 10 heteroatoms. The van der Waals surface area contributed by atoms with Gasteiger partial charge in [0.15, 0.2) is 6.61 Å². The van der Waals surface area contributed by atoms with Crippen LogP contribution in [0.2, 0.25) is 0 Å². The monoisotopic (exact) mass is 471 g/mol. The van der Waals surface area contributed by atoms with Crippen LogP contribution in [0.4, 0.5) is 11.4 Å². The number of para-hydroxylation sites is 2. The summed E-state index contributed by atoms with van der Waals surface area (Å²) in [5.74, 6) is -1.67. The van der Waals surface area contributed by atoms with Gasteiger partial charge in [0.25, 0.3) is 5.91 Å². The van der Waals surface area contributed by atoms with Crippen LogP contribution in [-0.2, 0) is 24.3 Å². The number of nitrogens with one attached hydrogen (secondary N) is 1. The van der Waals surface area contributed by atoms with Crippen molar-refractivity contribution in [3.63, 3.8) is 0 Å². The van der Waals surface area contributed by atoms with Gasteiger partial charge in [-0.3, -0.25) is 14.5 Å². The molecule has 1 fully saturated rings. The number of rotatable bonds is 5. The zero-order valence-electron chi connectivity index (χ0n) is 18.4. The number of fused-ring (bicyclic) bond motifs is 1. The summed E-state index contributed by atoms with van der Waals surface area (Å²) in [6, 6.07) is 12.3. The minimum absolute atomic E-state index is 0.106. The Morgan fingerprint density at radius 3 is 2.33 bits per heavy atom. The summed E-state index contributed by atoms with van der Waals surface area (Å²) in [5.41, 5.74) is -0.0428. The largest absolute Gasteiger partial charge is 0.452 e. The number of carbonyl (C=O) groups excluding carboxylic acids is 3. The van der Waals surface area contributed by atoms with Crippen LogP contribution in [0.15, 0.2) is 53.4 Å². The van der Waals surface area contributed by atoms with Crippen molar-refractivity contribution in [2.75, 3.05) is 29.9 Å². The van der Waals surface area contributed by atoms with E-state index >= 15 is 0 Å². The van der Waals surface area contributed by atoms with Crippen LogP contribution in [0.5, 0.6) is 0 Å². The standard InChI is InChI=1S/C23H25N3O6S/c1-23(2)22(29)24-18-7-3-4-8-19(18)26(23)20(27)15-32-21(28)16-9-11-17(12-10-16)33(30,31)25-13-5-6-14-25/h3-4,7-12H,5-6,13-15H2,1-2H3,(H,24,29). The van der Waals surface area contributed by atoms with Crippen LogP contribution in [0, 0.1) is 0 Å². The maximum absolute atomic E-state index is 13.0. The molecule has 1 saturated heterocycles. The molecule has 0 bridgehead atoms. The summed E-state index contributed by atoms with van der Waals surface area (Å²) in [6.45, 7) is 3.62. The number of hydrogen-bond acceptors (Lipinski definition) is 6. The Morgan fingerprint density at radius 2 is 1.67 bits per heavy atom. The second-order valence-electron chi connectivity index (χ2n) is 8.47. The van der Waals surface area contributed by atoms with Crippen molar-refractivity contribution in [3.05, 3.63) is 54.1 Å². The smallest absolute Gasteiger partial charge is 0.338 e. The SMILES string of the molecule is CC1(C)C(=O)Nc2ccccc2N1C(=O)COC(=O)c1ccc(S(=O)(=O)N2CCCC2)cc1. The van der Waals surface area contributed by atoms with Crippen LogP contribution in [0.1, 0.15) is 37.0 Å². The quantitative estimate of drug-likeness (QED) is 0.670. The molecule has 0 radical (unpaired) electrons. The fourth-order valence-electron chi connectivity index (χ4n) is 4.01. The zero-order chi connectivity index (χ0) is 23.8. The minimum Gasteiger partial charge on any atom is -0.452 e. The topological polar surface area (TPSA) is 113 Å². The lowest BCUT2D eigenvalue weighted by Crippen LogP contribution is -2.59. The van der Waals surface area contributed by atoms with Gasteiger partial charge in [0, 0.05) is 13.1 Å². The Hall–Kier alpha value is -3.24. The molecule has 2 amide bonds. The predicted octanol–water partition coefficient (Wildman–Crippen LogP) is 2.39. The first-order chi connectivity index (χ1) is 15.6. The van der Waals surface area contributed by atoms with Gasteiger partial charge in [-0.25, -0.2) is 13.2 Å². The van der Waals surface area contributed by atoms with Crippen LogP contribution in [0.25, 0.3) is 0 Å². The molecule has 0 atom stereocenters. The van der Waals surface area contributed by atoms with E-state index in [1.807, 2.05) is 0 Å². The van der Waals surface area contributed by atoms with Gasteiger partial charge in [0.2, 0.25) is 15.9 Å². The Balaban J connectivity index is 1.45. The van der Waals surface area contributed by atoms with Gasteiger partial charge in [-0.1, -0.05) is 12.1 Å². The summed E-state index contributed by atoms with van der Waals surface area (Å²) in [4.78, 5) is 39.4. The highest BCUT2D eigenvalue weighted by molar-refractivity contribution is 7.89. The molecule has 33 heavy (non-hydrogen) atoms. The molecule has 2 aromatic carbocycles. The maximum Gasteiger partial charge on any atom is 0.338 e. The van der Waals surface area contributed by atoms with Crippen LogP contribution in [0.3, 0.4) is 0 Å². The molecule has 2 aliphatic rings. The first-order valence-electron chi connectivity index (χ1n) is 10.6. The molecular formula is C23H25N3O6S. The Kier molecular flexibility index (Phi) is 5.98. The van der Waals surface area contributed by atoms with E-state index in [1.54, 1.807) is 38.1 Å². The van der Waals surface area contributed by atoms with E-state index in [4.69, 9.17) is 4.74 Å². The normalized spacial score (nSPS) is 17.9. The number of esters is 1. The molecule has 2 aliphatic heterocycles. The Bertz CT molecular complexity index is 1200. The lowest BCUT2D eigenvalue weighted by atomic mass is 9.96. The van der Waals surface area contributed by atoms with Crippen molar-refractivity contribution in [2.45, 2.75) is 37.1 Å². The summed E-state index contributed by atoms with van der Waals surface area (Å²) >= 11 is 0. The molecule has 2 aromatic rings. The average molecular weight is 472 g/mol. The van der Waals surface area contributed by atoms with Gasteiger partial charge in [0.05, 0.1) is 21.8 Å². The van der Waals surface area contributed by atoms with Gasteiger partial charge in [-0.05, 0) is 63.1 Å².